The molecule has 4 N–H and O–H groups in total. The fourth-order valence-electron chi connectivity index (χ4n) is 1.62. The number of pyridine rings is 1. The van der Waals surface area contributed by atoms with Crippen LogP contribution in [0.5, 0.6) is 5.75 Å². The fraction of sp³-hybridized carbons (Fsp3) is 0. The minimum Gasteiger partial charge on any atom is -0.506 e. The molecule has 0 aliphatic carbocycles. The third-order valence-electron chi connectivity index (χ3n) is 2.31. The van der Waals surface area contributed by atoms with Crippen molar-refractivity contribution in [3.63, 3.8) is 0 Å². The van der Waals surface area contributed by atoms with E-state index in [1.54, 1.807) is 6.07 Å². The SMILES string of the molecule is Nc1nc(-c2c[nH]c3ncc(O)cc23)cs1. The van der Waals surface area contributed by atoms with Crippen LogP contribution in [0.2, 0.25) is 0 Å². The van der Waals surface area contributed by atoms with Gasteiger partial charge in [-0.15, -0.1) is 11.3 Å². The van der Waals surface area contributed by atoms with Crippen LogP contribution in [-0.4, -0.2) is 20.1 Å². The molecule has 16 heavy (non-hydrogen) atoms. The highest BCUT2D eigenvalue weighted by Gasteiger charge is 2.10. The summed E-state index contributed by atoms with van der Waals surface area (Å²) in [5.41, 5.74) is 8.00. The van der Waals surface area contributed by atoms with Gasteiger partial charge in [-0.3, -0.25) is 0 Å². The number of H-pyrrole nitrogens is 1. The van der Waals surface area contributed by atoms with Gasteiger partial charge >= 0.3 is 0 Å². The van der Waals surface area contributed by atoms with Gasteiger partial charge in [-0.2, -0.15) is 0 Å². The monoisotopic (exact) mass is 232 g/mol. The largest absolute Gasteiger partial charge is 0.506 e. The predicted molar refractivity (Wildman–Crippen MR) is 63.3 cm³/mol. The lowest BCUT2D eigenvalue weighted by atomic mass is 10.2. The number of nitrogens with zero attached hydrogens (tertiary/aromatic N) is 2. The highest BCUT2D eigenvalue weighted by Crippen LogP contribution is 2.30. The zero-order valence-corrected chi connectivity index (χ0v) is 8.95. The Morgan fingerprint density at radius 3 is 3.06 bits per heavy atom. The first-order chi connectivity index (χ1) is 7.74. The van der Waals surface area contributed by atoms with Crippen LogP contribution in [0.3, 0.4) is 0 Å². The molecule has 3 rings (SSSR count). The van der Waals surface area contributed by atoms with Gasteiger partial charge < -0.3 is 15.8 Å². The maximum absolute atomic E-state index is 9.41. The van der Waals surface area contributed by atoms with Gasteiger partial charge in [-0.05, 0) is 6.07 Å². The van der Waals surface area contributed by atoms with Crippen molar-refractivity contribution < 1.29 is 5.11 Å². The Hall–Kier alpha value is -2.08. The number of thiazole rings is 1. The summed E-state index contributed by atoms with van der Waals surface area (Å²) in [5.74, 6) is 0.136. The molecule has 0 unspecified atom stereocenters. The maximum Gasteiger partial charge on any atom is 0.180 e. The smallest absolute Gasteiger partial charge is 0.180 e. The molecule has 0 saturated carbocycles. The molecule has 0 bridgehead atoms. The number of rotatable bonds is 1. The highest BCUT2D eigenvalue weighted by molar-refractivity contribution is 7.13. The lowest BCUT2D eigenvalue weighted by Gasteiger charge is -1.94. The molecule has 6 heteroatoms. The minimum atomic E-state index is 0.136. The molecule has 0 aromatic carbocycles. The molecule has 0 amide bonds. The average molecular weight is 232 g/mol. The lowest BCUT2D eigenvalue weighted by Crippen LogP contribution is -1.82. The Labute approximate surface area is 94.6 Å². The summed E-state index contributed by atoms with van der Waals surface area (Å²) in [4.78, 5) is 11.3. The van der Waals surface area contributed by atoms with Crippen LogP contribution in [0.15, 0.2) is 23.8 Å². The molecule has 3 aromatic heterocycles. The molecular formula is C10H8N4OS. The Kier molecular flexibility index (Phi) is 1.84. The second kappa shape index (κ2) is 3.21. The zero-order chi connectivity index (χ0) is 11.1. The van der Waals surface area contributed by atoms with Gasteiger partial charge in [-0.1, -0.05) is 0 Å². The molecule has 0 radical (unpaired) electrons. The Bertz CT molecular complexity index is 658. The summed E-state index contributed by atoms with van der Waals surface area (Å²) in [6, 6.07) is 1.66. The molecule has 3 aromatic rings. The second-order valence-corrected chi connectivity index (χ2v) is 4.25. The average Bonchev–Trinajstić information content (AvgIpc) is 2.83. The van der Waals surface area contributed by atoms with Gasteiger partial charge in [0, 0.05) is 22.5 Å². The maximum atomic E-state index is 9.41. The van der Waals surface area contributed by atoms with E-state index in [9.17, 15) is 5.11 Å². The van der Waals surface area contributed by atoms with E-state index in [-0.39, 0.29) is 5.75 Å². The quantitative estimate of drug-likeness (QED) is 0.598. The van der Waals surface area contributed by atoms with Gasteiger partial charge in [0.25, 0.3) is 0 Å². The molecule has 0 saturated heterocycles. The molecular weight excluding hydrogens is 224 g/mol. The van der Waals surface area contributed by atoms with Crippen LogP contribution < -0.4 is 5.73 Å². The summed E-state index contributed by atoms with van der Waals surface area (Å²) in [7, 11) is 0. The first-order valence-corrected chi connectivity index (χ1v) is 5.49. The van der Waals surface area contributed by atoms with Crippen LogP contribution in [0, 0.1) is 0 Å². The number of anilines is 1. The predicted octanol–water partition coefficient (Wildman–Crippen LogP) is 1.97. The van der Waals surface area contributed by atoms with Crippen LogP contribution in [-0.2, 0) is 0 Å². The van der Waals surface area contributed by atoms with Crippen molar-refractivity contribution in [1.29, 1.82) is 0 Å². The highest BCUT2D eigenvalue weighted by atomic mass is 32.1. The molecule has 80 valence electrons. The Morgan fingerprint density at radius 1 is 1.44 bits per heavy atom. The van der Waals surface area contributed by atoms with E-state index in [1.165, 1.54) is 17.5 Å². The number of nitrogens with one attached hydrogen (secondary N) is 1. The number of aromatic nitrogens is 3. The van der Waals surface area contributed by atoms with E-state index in [0.717, 1.165) is 22.3 Å². The van der Waals surface area contributed by atoms with E-state index in [2.05, 4.69) is 15.0 Å². The molecule has 0 spiro atoms. The number of hydrogen-bond acceptors (Lipinski definition) is 5. The Balaban J connectivity index is 2.27. The van der Waals surface area contributed by atoms with Gasteiger partial charge in [0.1, 0.15) is 11.4 Å². The first-order valence-electron chi connectivity index (χ1n) is 4.61. The third kappa shape index (κ3) is 1.31. The van der Waals surface area contributed by atoms with Gasteiger partial charge in [0.05, 0.1) is 11.9 Å². The Morgan fingerprint density at radius 2 is 2.31 bits per heavy atom. The van der Waals surface area contributed by atoms with Gasteiger partial charge in [0.15, 0.2) is 5.13 Å². The molecule has 0 aliphatic rings. The minimum absolute atomic E-state index is 0.136. The van der Waals surface area contributed by atoms with Gasteiger partial charge in [0.2, 0.25) is 0 Å². The van der Waals surface area contributed by atoms with E-state index < -0.39 is 0 Å². The van der Waals surface area contributed by atoms with Crippen molar-refractivity contribution in [1.82, 2.24) is 15.0 Å². The van der Waals surface area contributed by atoms with E-state index in [1.807, 2.05) is 11.6 Å². The van der Waals surface area contributed by atoms with E-state index in [4.69, 9.17) is 5.73 Å². The summed E-state index contributed by atoms with van der Waals surface area (Å²) in [6.07, 6.45) is 3.21. The van der Waals surface area contributed by atoms with Gasteiger partial charge in [-0.25, -0.2) is 9.97 Å². The van der Waals surface area contributed by atoms with Crippen LogP contribution in [0.25, 0.3) is 22.3 Å². The number of nitrogen functional groups attached to an aromatic ring is 1. The summed E-state index contributed by atoms with van der Waals surface area (Å²) >= 11 is 1.39. The zero-order valence-electron chi connectivity index (χ0n) is 8.14. The summed E-state index contributed by atoms with van der Waals surface area (Å²) in [6.45, 7) is 0. The van der Waals surface area contributed by atoms with Crippen molar-refractivity contribution in [2.45, 2.75) is 0 Å². The van der Waals surface area contributed by atoms with Crippen molar-refractivity contribution in [3.8, 4) is 17.0 Å². The van der Waals surface area contributed by atoms with Crippen molar-refractivity contribution >= 4 is 27.5 Å². The molecule has 3 heterocycles. The van der Waals surface area contributed by atoms with Crippen molar-refractivity contribution in [2.75, 3.05) is 5.73 Å². The number of fused-ring (bicyclic) bond motifs is 1. The number of aromatic amines is 1. The first kappa shape index (κ1) is 9.17. The van der Waals surface area contributed by atoms with Crippen LogP contribution in [0.4, 0.5) is 5.13 Å². The third-order valence-corrected chi connectivity index (χ3v) is 2.99. The molecule has 0 fully saturated rings. The summed E-state index contributed by atoms with van der Waals surface area (Å²) < 4.78 is 0. The molecule has 0 atom stereocenters. The molecule has 0 aliphatic heterocycles. The number of hydrogen-bond donors (Lipinski definition) is 3. The fourth-order valence-corrected chi connectivity index (χ4v) is 2.18. The van der Waals surface area contributed by atoms with E-state index in [0.29, 0.717) is 5.13 Å². The summed E-state index contributed by atoms with van der Waals surface area (Å²) in [5, 5.41) is 12.6. The standard InChI is InChI=1S/C10H8N4OS/c11-10-14-8(4-16-10)7-3-13-9-6(7)1-5(15)2-12-9/h1-4,15H,(H2,11,14)(H,12,13). The normalized spacial score (nSPS) is 11.0. The van der Waals surface area contributed by atoms with E-state index >= 15 is 0 Å². The van der Waals surface area contributed by atoms with Crippen LogP contribution >= 0.6 is 11.3 Å². The number of aromatic hydroxyl groups is 1. The van der Waals surface area contributed by atoms with Crippen molar-refractivity contribution in [2.24, 2.45) is 0 Å². The second-order valence-electron chi connectivity index (χ2n) is 3.36. The van der Waals surface area contributed by atoms with Crippen LogP contribution in [0.1, 0.15) is 0 Å². The molecule has 5 nitrogen and oxygen atoms in total. The van der Waals surface area contributed by atoms with Crippen molar-refractivity contribution in [3.05, 3.63) is 23.8 Å². The lowest BCUT2D eigenvalue weighted by molar-refractivity contribution is 0.474. The number of nitrogens with two attached hydrogens (primary N) is 1. The topological polar surface area (TPSA) is 87.8 Å².